The molecule has 2 aromatic rings. The number of amides is 1. The second-order valence-corrected chi connectivity index (χ2v) is 5.33. The van der Waals surface area contributed by atoms with Gasteiger partial charge in [0.15, 0.2) is 6.61 Å². The molecule has 1 N–H and O–H groups in total. The van der Waals surface area contributed by atoms with Crippen molar-refractivity contribution in [2.75, 3.05) is 11.9 Å². The van der Waals surface area contributed by atoms with Crippen LogP contribution in [0.3, 0.4) is 0 Å². The largest absolute Gasteiger partial charge is 0.573 e. The van der Waals surface area contributed by atoms with E-state index in [4.69, 9.17) is 27.9 Å². The number of carbonyl (C=O) groups excluding carboxylic acids is 1. The summed E-state index contributed by atoms with van der Waals surface area (Å²) in [5.41, 5.74) is 0.287. The minimum absolute atomic E-state index is 0.244. The summed E-state index contributed by atoms with van der Waals surface area (Å²) in [4.78, 5) is 11.8. The fourth-order valence-corrected chi connectivity index (χ4v) is 2.00. The summed E-state index contributed by atoms with van der Waals surface area (Å²) in [6.45, 7) is -0.346. The van der Waals surface area contributed by atoms with Gasteiger partial charge in [0.2, 0.25) is 0 Å². The van der Waals surface area contributed by atoms with Crippen molar-refractivity contribution in [1.82, 2.24) is 0 Å². The number of alkyl halides is 3. The molecule has 9 heteroatoms. The summed E-state index contributed by atoms with van der Waals surface area (Å²) in [6, 6.07) is 9.25. The van der Waals surface area contributed by atoms with Crippen molar-refractivity contribution >= 4 is 34.8 Å². The minimum atomic E-state index is -4.77. The third kappa shape index (κ3) is 5.82. The van der Waals surface area contributed by atoms with E-state index in [2.05, 4.69) is 10.1 Å². The maximum atomic E-state index is 12.0. The van der Waals surface area contributed by atoms with Gasteiger partial charge in [0.1, 0.15) is 11.5 Å². The Kier molecular flexibility index (Phi) is 5.80. The Morgan fingerprint density at radius 1 is 1.08 bits per heavy atom. The molecule has 4 nitrogen and oxygen atoms in total. The molecule has 0 atom stereocenters. The predicted molar refractivity (Wildman–Crippen MR) is 83.7 cm³/mol. The lowest BCUT2D eigenvalue weighted by Gasteiger charge is -2.11. The van der Waals surface area contributed by atoms with Gasteiger partial charge in [-0.15, -0.1) is 13.2 Å². The molecule has 0 unspecified atom stereocenters. The van der Waals surface area contributed by atoms with Gasteiger partial charge in [-0.25, -0.2) is 0 Å². The van der Waals surface area contributed by atoms with Crippen LogP contribution in [-0.4, -0.2) is 18.9 Å². The number of carbonyl (C=O) groups is 1. The molecule has 0 aliphatic carbocycles. The van der Waals surface area contributed by atoms with Crippen LogP contribution in [0.1, 0.15) is 0 Å². The molecule has 0 bridgehead atoms. The van der Waals surface area contributed by atoms with Crippen LogP contribution in [0, 0.1) is 0 Å². The lowest BCUT2D eigenvalue weighted by atomic mass is 10.3. The van der Waals surface area contributed by atoms with Crippen LogP contribution in [0.25, 0.3) is 0 Å². The Morgan fingerprint density at radius 2 is 1.75 bits per heavy atom. The smallest absolute Gasteiger partial charge is 0.482 e. The normalized spacial score (nSPS) is 11.0. The first-order chi connectivity index (χ1) is 11.2. The third-order valence-corrected chi connectivity index (χ3v) is 3.17. The van der Waals surface area contributed by atoms with Crippen molar-refractivity contribution in [2.45, 2.75) is 6.36 Å². The van der Waals surface area contributed by atoms with Crippen molar-refractivity contribution in [3.8, 4) is 11.5 Å². The van der Waals surface area contributed by atoms with Crippen LogP contribution in [-0.2, 0) is 4.79 Å². The van der Waals surface area contributed by atoms with E-state index in [-0.39, 0.29) is 23.8 Å². The van der Waals surface area contributed by atoms with Crippen molar-refractivity contribution in [1.29, 1.82) is 0 Å². The number of halogens is 5. The molecule has 1 amide bonds. The first-order valence-corrected chi connectivity index (χ1v) is 7.22. The van der Waals surface area contributed by atoms with Gasteiger partial charge in [0.05, 0.1) is 5.02 Å². The van der Waals surface area contributed by atoms with Crippen LogP contribution < -0.4 is 14.8 Å². The lowest BCUT2D eigenvalue weighted by molar-refractivity contribution is -0.274. The molecule has 128 valence electrons. The Balaban J connectivity index is 1.89. The third-order valence-electron chi connectivity index (χ3n) is 2.62. The Morgan fingerprint density at radius 3 is 2.38 bits per heavy atom. The molecule has 0 fully saturated rings. The van der Waals surface area contributed by atoms with E-state index in [1.807, 2.05) is 0 Å². The highest BCUT2D eigenvalue weighted by molar-refractivity contribution is 6.34. The van der Waals surface area contributed by atoms with Crippen LogP contribution >= 0.6 is 23.2 Å². The topological polar surface area (TPSA) is 47.6 Å². The van der Waals surface area contributed by atoms with Gasteiger partial charge in [-0.1, -0.05) is 23.2 Å². The maximum absolute atomic E-state index is 12.0. The minimum Gasteiger partial charge on any atom is -0.482 e. The first kappa shape index (κ1) is 18.2. The first-order valence-electron chi connectivity index (χ1n) is 6.46. The zero-order valence-corrected chi connectivity index (χ0v) is 13.4. The van der Waals surface area contributed by atoms with E-state index in [1.165, 1.54) is 24.3 Å². The van der Waals surface area contributed by atoms with E-state index in [1.54, 1.807) is 6.07 Å². The van der Waals surface area contributed by atoms with Crippen LogP contribution in [0.2, 0.25) is 10.0 Å². The highest BCUT2D eigenvalue weighted by Gasteiger charge is 2.30. The summed E-state index contributed by atoms with van der Waals surface area (Å²) in [5, 5.41) is 3.15. The van der Waals surface area contributed by atoms with Crippen molar-refractivity contribution in [3.63, 3.8) is 0 Å². The SMILES string of the molecule is O=C(COc1cc(Cl)ccc1Cl)Nc1ccc(OC(F)(F)F)cc1. The zero-order chi connectivity index (χ0) is 17.7. The van der Waals surface area contributed by atoms with Gasteiger partial charge < -0.3 is 14.8 Å². The van der Waals surface area contributed by atoms with Crippen LogP contribution in [0.4, 0.5) is 18.9 Å². The van der Waals surface area contributed by atoms with E-state index in [9.17, 15) is 18.0 Å². The number of hydrogen-bond acceptors (Lipinski definition) is 3. The molecular formula is C15H10Cl2F3NO3. The summed E-state index contributed by atoms with van der Waals surface area (Å²) in [5.74, 6) is -0.661. The zero-order valence-electron chi connectivity index (χ0n) is 11.9. The fourth-order valence-electron chi connectivity index (χ4n) is 1.67. The van der Waals surface area contributed by atoms with E-state index in [0.717, 1.165) is 12.1 Å². The van der Waals surface area contributed by atoms with Gasteiger partial charge in [-0.3, -0.25) is 4.79 Å². The molecule has 2 rings (SSSR count). The number of rotatable bonds is 5. The van der Waals surface area contributed by atoms with Gasteiger partial charge in [-0.05, 0) is 36.4 Å². The molecule has 0 radical (unpaired) electrons. The second kappa shape index (κ2) is 7.63. The summed E-state index contributed by atoms with van der Waals surface area (Å²) in [6.07, 6.45) is -4.77. The number of anilines is 1. The monoisotopic (exact) mass is 379 g/mol. The second-order valence-electron chi connectivity index (χ2n) is 4.48. The number of ether oxygens (including phenoxy) is 2. The Labute approximate surface area is 145 Å². The predicted octanol–water partition coefficient (Wildman–Crippen LogP) is 4.91. The average molecular weight is 380 g/mol. The molecule has 24 heavy (non-hydrogen) atoms. The van der Waals surface area contributed by atoms with Gasteiger partial charge in [0.25, 0.3) is 5.91 Å². The molecule has 0 saturated heterocycles. The average Bonchev–Trinajstić information content (AvgIpc) is 2.49. The lowest BCUT2D eigenvalue weighted by Crippen LogP contribution is -2.20. The van der Waals surface area contributed by atoms with Crippen molar-refractivity contribution < 1.29 is 27.4 Å². The summed E-state index contributed by atoms with van der Waals surface area (Å²) < 4.78 is 45.1. The summed E-state index contributed by atoms with van der Waals surface area (Å²) >= 11 is 11.7. The van der Waals surface area contributed by atoms with Crippen molar-refractivity contribution in [3.05, 3.63) is 52.5 Å². The van der Waals surface area contributed by atoms with Crippen LogP contribution in [0.5, 0.6) is 11.5 Å². The molecule has 0 saturated carbocycles. The molecule has 0 aliphatic heterocycles. The van der Waals surface area contributed by atoms with Crippen molar-refractivity contribution in [2.24, 2.45) is 0 Å². The molecular weight excluding hydrogens is 370 g/mol. The Bertz CT molecular complexity index is 721. The van der Waals surface area contributed by atoms with E-state index >= 15 is 0 Å². The van der Waals surface area contributed by atoms with E-state index in [0.29, 0.717) is 10.0 Å². The highest BCUT2D eigenvalue weighted by Crippen LogP contribution is 2.28. The Hall–Kier alpha value is -2.12. The fraction of sp³-hybridized carbons (Fsp3) is 0.133. The standard InChI is InChI=1S/C15H10Cl2F3NO3/c16-9-1-6-12(17)13(7-9)23-8-14(22)21-10-2-4-11(5-3-10)24-15(18,19)20/h1-7H,8H2,(H,21,22). The quantitative estimate of drug-likeness (QED) is 0.802. The van der Waals surface area contributed by atoms with Gasteiger partial charge >= 0.3 is 6.36 Å². The highest BCUT2D eigenvalue weighted by atomic mass is 35.5. The summed E-state index contributed by atoms with van der Waals surface area (Å²) in [7, 11) is 0. The molecule has 0 aromatic heterocycles. The number of hydrogen-bond donors (Lipinski definition) is 1. The number of benzene rings is 2. The van der Waals surface area contributed by atoms with Gasteiger partial charge in [-0.2, -0.15) is 0 Å². The van der Waals surface area contributed by atoms with E-state index < -0.39 is 12.3 Å². The molecule has 0 heterocycles. The number of nitrogens with one attached hydrogen (secondary N) is 1. The van der Waals surface area contributed by atoms with Crippen LogP contribution in [0.15, 0.2) is 42.5 Å². The molecule has 0 spiro atoms. The molecule has 2 aromatic carbocycles. The van der Waals surface area contributed by atoms with Gasteiger partial charge in [0, 0.05) is 16.8 Å². The maximum Gasteiger partial charge on any atom is 0.573 e. The molecule has 0 aliphatic rings.